The molecule has 8 nitrogen and oxygen atoms in total. The van der Waals surface area contributed by atoms with Crippen LogP contribution in [0.15, 0.2) is 52.5 Å². The maximum absolute atomic E-state index is 13.8. The first-order valence-corrected chi connectivity index (χ1v) is 12.5. The summed E-state index contributed by atoms with van der Waals surface area (Å²) in [6, 6.07) is 11.9. The normalized spacial score (nSPS) is 19.1. The average molecular weight is 472 g/mol. The Morgan fingerprint density at radius 3 is 2.27 bits per heavy atom. The van der Waals surface area contributed by atoms with Crippen molar-refractivity contribution in [1.29, 1.82) is 0 Å². The second-order valence-electron chi connectivity index (χ2n) is 8.44. The van der Waals surface area contributed by atoms with Crippen LogP contribution in [0.25, 0.3) is 0 Å². The molecule has 1 atom stereocenters. The Morgan fingerprint density at radius 2 is 1.67 bits per heavy atom. The lowest BCUT2D eigenvalue weighted by Crippen LogP contribution is -2.39. The van der Waals surface area contributed by atoms with Crippen molar-refractivity contribution >= 4 is 27.3 Å². The standard InChI is InChI=1S/C24H29N3O5S/c1-16-14-23(28)25-26-24(16)17-8-10-19(11-9-17)27(18-6-4-5-7-18)33(29,30)20-12-13-21(31-2)22(15-20)32-3/h8-13,15-16,18H,4-7,14H2,1-3H3,(H,25,28). The molecule has 0 radical (unpaired) electrons. The maximum Gasteiger partial charge on any atom is 0.264 e. The number of rotatable bonds is 7. The molecule has 2 aliphatic rings. The van der Waals surface area contributed by atoms with E-state index in [1.807, 2.05) is 31.2 Å². The van der Waals surface area contributed by atoms with Gasteiger partial charge in [0.25, 0.3) is 10.0 Å². The number of hydrogen-bond donors (Lipinski definition) is 1. The molecule has 1 saturated carbocycles. The highest BCUT2D eigenvalue weighted by Crippen LogP contribution is 2.36. The van der Waals surface area contributed by atoms with Crippen LogP contribution in [-0.2, 0) is 14.8 Å². The van der Waals surface area contributed by atoms with Crippen LogP contribution in [0.3, 0.4) is 0 Å². The number of hydrogen-bond acceptors (Lipinski definition) is 6. The smallest absolute Gasteiger partial charge is 0.264 e. The predicted octanol–water partition coefficient (Wildman–Crippen LogP) is 3.70. The molecule has 9 heteroatoms. The van der Waals surface area contributed by atoms with Crippen LogP contribution in [0.1, 0.15) is 44.6 Å². The van der Waals surface area contributed by atoms with Crippen molar-refractivity contribution in [2.75, 3.05) is 18.5 Å². The van der Waals surface area contributed by atoms with E-state index in [1.54, 1.807) is 16.4 Å². The zero-order valence-electron chi connectivity index (χ0n) is 19.1. The van der Waals surface area contributed by atoms with Crippen molar-refractivity contribution in [3.05, 3.63) is 48.0 Å². The number of ether oxygens (including phenoxy) is 2. The van der Waals surface area contributed by atoms with Crippen molar-refractivity contribution in [2.45, 2.75) is 50.0 Å². The van der Waals surface area contributed by atoms with Gasteiger partial charge in [0.05, 0.1) is 30.5 Å². The van der Waals surface area contributed by atoms with E-state index in [4.69, 9.17) is 9.47 Å². The van der Waals surface area contributed by atoms with Gasteiger partial charge in [-0.25, -0.2) is 13.8 Å². The highest BCUT2D eigenvalue weighted by atomic mass is 32.2. The first-order chi connectivity index (χ1) is 15.8. The molecule has 33 heavy (non-hydrogen) atoms. The number of carbonyl (C=O) groups is 1. The predicted molar refractivity (Wildman–Crippen MR) is 126 cm³/mol. The number of carbonyl (C=O) groups excluding carboxylic acids is 1. The fourth-order valence-corrected chi connectivity index (χ4v) is 6.28. The molecule has 0 spiro atoms. The minimum atomic E-state index is -3.84. The molecule has 4 rings (SSSR count). The van der Waals surface area contributed by atoms with Crippen molar-refractivity contribution < 1.29 is 22.7 Å². The van der Waals surface area contributed by atoms with Crippen LogP contribution < -0.4 is 19.2 Å². The average Bonchev–Trinajstić information content (AvgIpc) is 3.33. The Balaban J connectivity index is 1.72. The van der Waals surface area contributed by atoms with E-state index in [2.05, 4.69) is 10.5 Å². The minimum absolute atomic E-state index is 0.00830. The van der Waals surface area contributed by atoms with Crippen LogP contribution in [0, 0.1) is 5.92 Å². The van der Waals surface area contributed by atoms with Gasteiger partial charge in [-0.1, -0.05) is 31.9 Å². The van der Waals surface area contributed by atoms with E-state index in [1.165, 1.54) is 20.3 Å². The minimum Gasteiger partial charge on any atom is -0.493 e. The number of methoxy groups -OCH3 is 2. The highest BCUT2D eigenvalue weighted by Gasteiger charge is 2.34. The lowest BCUT2D eigenvalue weighted by atomic mass is 9.94. The first kappa shape index (κ1) is 23.1. The Hall–Kier alpha value is -3.07. The van der Waals surface area contributed by atoms with Gasteiger partial charge in [0.15, 0.2) is 11.5 Å². The number of nitrogens with zero attached hydrogens (tertiary/aromatic N) is 2. The van der Waals surface area contributed by atoms with Gasteiger partial charge in [0, 0.05) is 24.4 Å². The summed E-state index contributed by atoms with van der Waals surface area (Å²) >= 11 is 0. The number of sulfonamides is 1. The summed E-state index contributed by atoms with van der Waals surface area (Å²) < 4.78 is 39.8. The fourth-order valence-electron chi connectivity index (χ4n) is 4.56. The molecule has 0 saturated heterocycles. The zero-order valence-corrected chi connectivity index (χ0v) is 19.9. The first-order valence-electron chi connectivity index (χ1n) is 11.1. The van der Waals surface area contributed by atoms with Crippen molar-refractivity contribution in [3.8, 4) is 11.5 Å². The van der Waals surface area contributed by atoms with Crippen LogP contribution in [0.4, 0.5) is 5.69 Å². The summed E-state index contributed by atoms with van der Waals surface area (Å²) in [5.74, 6) is 0.733. The van der Waals surface area contributed by atoms with Gasteiger partial charge in [-0.15, -0.1) is 0 Å². The highest BCUT2D eigenvalue weighted by molar-refractivity contribution is 7.92. The summed E-state index contributed by atoms with van der Waals surface area (Å²) in [6.07, 6.45) is 3.99. The van der Waals surface area contributed by atoms with Gasteiger partial charge >= 0.3 is 0 Å². The van der Waals surface area contributed by atoms with Crippen molar-refractivity contribution in [3.63, 3.8) is 0 Å². The van der Waals surface area contributed by atoms with Crippen molar-refractivity contribution in [1.82, 2.24) is 5.43 Å². The van der Waals surface area contributed by atoms with Crippen molar-refractivity contribution in [2.24, 2.45) is 11.0 Å². The molecule has 1 unspecified atom stereocenters. The van der Waals surface area contributed by atoms with E-state index in [-0.39, 0.29) is 22.8 Å². The van der Waals surface area contributed by atoms with Gasteiger partial charge in [-0.3, -0.25) is 9.10 Å². The van der Waals surface area contributed by atoms with E-state index in [0.29, 0.717) is 23.6 Å². The molecule has 1 fully saturated rings. The van der Waals surface area contributed by atoms with Crippen LogP contribution in [-0.4, -0.2) is 40.3 Å². The lowest BCUT2D eigenvalue weighted by molar-refractivity contribution is -0.121. The number of hydrazone groups is 1. The number of anilines is 1. The summed E-state index contributed by atoms with van der Waals surface area (Å²) in [5.41, 5.74) is 4.79. The molecule has 0 aromatic heterocycles. The molecular weight excluding hydrogens is 442 g/mol. The molecule has 2 aromatic rings. The summed E-state index contributed by atoms with van der Waals surface area (Å²) in [5, 5.41) is 4.20. The van der Waals surface area contributed by atoms with Crippen LogP contribution in [0.5, 0.6) is 11.5 Å². The molecule has 1 aliphatic carbocycles. The van der Waals surface area contributed by atoms with Gasteiger partial charge in [-0.2, -0.15) is 5.10 Å². The van der Waals surface area contributed by atoms with Gasteiger partial charge in [0.2, 0.25) is 5.91 Å². The SMILES string of the molecule is COc1ccc(S(=O)(=O)N(c2ccc(C3=NNC(=O)CC3C)cc2)C2CCCC2)cc1OC. The van der Waals surface area contributed by atoms with Gasteiger partial charge < -0.3 is 9.47 Å². The summed E-state index contributed by atoms with van der Waals surface area (Å²) in [7, 11) is -0.840. The third kappa shape index (κ3) is 4.55. The number of benzene rings is 2. The monoisotopic (exact) mass is 471 g/mol. The number of amides is 1. The maximum atomic E-state index is 13.8. The van der Waals surface area contributed by atoms with E-state index in [9.17, 15) is 13.2 Å². The molecule has 1 heterocycles. The molecular formula is C24H29N3O5S. The van der Waals surface area contributed by atoms with Gasteiger partial charge in [-0.05, 0) is 42.7 Å². The van der Waals surface area contributed by atoms with Crippen LogP contribution in [0.2, 0.25) is 0 Å². The summed E-state index contributed by atoms with van der Waals surface area (Å²) in [4.78, 5) is 11.7. The lowest BCUT2D eigenvalue weighted by Gasteiger charge is -2.31. The third-order valence-electron chi connectivity index (χ3n) is 6.25. The van der Waals surface area contributed by atoms with Gasteiger partial charge in [0.1, 0.15) is 0 Å². The Morgan fingerprint density at radius 1 is 1.00 bits per heavy atom. The number of nitrogens with one attached hydrogen (secondary N) is 1. The Kier molecular flexibility index (Phi) is 6.60. The molecule has 1 aliphatic heterocycles. The Labute approximate surface area is 194 Å². The molecule has 1 amide bonds. The Bertz CT molecular complexity index is 1160. The van der Waals surface area contributed by atoms with E-state index in [0.717, 1.165) is 37.0 Å². The second kappa shape index (κ2) is 9.43. The van der Waals surface area contributed by atoms with Crippen LogP contribution >= 0.6 is 0 Å². The fraction of sp³-hybridized carbons (Fsp3) is 0.417. The largest absolute Gasteiger partial charge is 0.493 e. The van der Waals surface area contributed by atoms with E-state index < -0.39 is 10.0 Å². The molecule has 0 bridgehead atoms. The zero-order chi connectivity index (χ0) is 23.6. The summed E-state index contributed by atoms with van der Waals surface area (Å²) in [6.45, 7) is 1.96. The second-order valence-corrected chi connectivity index (χ2v) is 10.3. The quantitative estimate of drug-likeness (QED) is 0.664. The van der Waals surface area contributed by atoms with E-state index >= 15 is 0 Å². The topological polar surface area (TPSA) is 97.3 Å². The molecule has 2 aromatic carbocycles. The third-order valence-corrected chi connectivity index (χ3v) is 8.12. The molecule has 176 valence electrons. The molecule has 1 N–H and O–H groups in total.